The van der Waals surface area contributed by atoms with Crippen LogP contribution in [0.25, 0.3) is 27.8 Å². The van der Waals surface area contributed by atoms with Gasteiger partial charge in [-0.2, -0.15) is 0 Å². The van der Waals surface area contributed by atoms with Gasteiger partial charge in [0.25, 0.3) is 0 Å². The Morgan fingerprint density at radius 3 is 2.38 bits per heavy atom. The molecule has 0 aliphatic heterocycles. The van der Waals surface area contributed by atoms with Crippen molar-refractivity contribution in [1.29, 1.82) is 0 Å². The molecule has 2 aromatic carbocycles. The van der Waals surface area contributed by atoms with E-state index in [0.29, 0.717) is 17.3 Å². The van der Waals surface area contributed by atoms with Crippen LogP contribution in [0.2, 0.25) is 0 Å². The van der Waals surface area contributed by atoms with Crippen molar-refractivity contribution in [2.24, 2.45) is 18.9 Å². The molecule has 1 amide bonds. The summed E-state index contributed by atoms with van der Waals surface area (Å²) in [5.74, 6) is 0.530. The fraction of sp³-hybridized carbons (Fsp3) is 0.406. The van der Waals surface area contributed by atoms with Crippen LogP contribution in [0.15, 0.2) is 60.8 Å². The van der Waals surface area contributed by atoms with E-state index >= 15 is 0 Å². The van der Waals surface area contributed by atoms with E-state index in [1.54, 1.807) is 22.7 Å². The van der Waals surface area contributed by atoms with Crippen LogP contribution < -0.4 is 4.90 Å². The van der Waals surface area contributed by atoms with Gasteiger partial charge in [-0.15, -0.1) is 5.10 Å². The smallest absolute Gasteiger partial charge is 0.343 e. The first-order valence-electron chi connectivity index (χ1n) is 14.0. The predicted molar refractivity (Wildman–Crippen MR) is 155 cm³/mol. The number of hydrogen-bond donors (Lipinski definition) is 0. The number of carbonyl (C=O) groups is 2. The summed E-state index contributed by atoms with van der Waals surface area (Å²) >= 11 is 0. The molecule has 1 aliphatic carbocycles. The molecule has 2 heterocycles. The molecule has 1 saturated carbocycles. The molecule has 0 N–H and O–H groups in total. The lowest BCUT2D eigenvalue weighted by Gasteiger charge is -2.32. The average Bonchev–Trinajstić information content (AvgIpc) is 3.51. The first-order valence-corrected chi connectivity index (χ1v) is 14.0. The van der Waals surface area contributed by atoms with Crippen LogP contribution in [0.5, 0.6) is 0 Å². The number of fused-ring (bicyclic) bond motifs is 1. The molecule has 1 aliphatic rings. The highest BCUT2D eigenvalue weighted by Gasteiger charge is 2.34. The van der Waals surface area contributed by atoms with Gasteiger partial charge in [0.15, 0.2) is 5.82 Å². The normalized spacial score (nSPS) is 17.5. The van der Waals surface area contributed by atoms with Crippen molar-refractivity contribution in [1.82, 2.24) is 14.3 Å². The van der Waals surface area contributed by atoms with Gasteiger partial charge in [0.1, 0.15) is 5.56 Å². The molecule has 1 fully saturated rings. The maximum absolute atomic E-state index is 13.8. The number of benzene rings is 2. The van der Waals surface area contributed by atoms with E-state index in [0.717, 1.165) is 42.6 Å². The Bertz CT molecular complexity index is 1470. The number of ether oxygens (including phenoxy) is 1. The van der Waals surface area contributed by atoms with Crippen molar-refractivity contribution < 1.29 is 14.3 Å². The third-order valence-corrected chi connectivity index (χ3v) is 7.92. The molecule has 0 atom stereocenters. The van der Waals surface area contributed by atoms with Gasteiger partial charge < -0.3 is 9.30 Å². The average molecular weight is 527 g/mol. The number of esters is 1. The minimum Gasteiger partial charge on any atom is -0.462 e. The second kappa shape index (κ2) is 11.1. The van der Waals surface area contributed by atoms with Crippen molar-refractivity contribution in [2.75, 3.05) is 11.5 Å². The molecule has 39 heavy (non-hydrogen) atoms. The molecular weight excluding hydrogens is 488 g/mol. The molecule has 4 aromatic rings. The second-order valence-corrected chi connectivity index (χ2v) is 11.0. The Labute approximate surface area is 230 Å². The molecule has 0 radical (unpaired) electrons. The summed E-state index contributed by atoms with van der Waals surface area (Å²) in [6, 6.07) is 18.5. The van der Waals surface area contributed by atoms with E-state index in [-0.39, 0.29) is 24.5 Å². The van der Waals surface area contributed by atoms with Crippen molar-refractivity contribution in [2.45, 2.75) is 59.4 Å². The highest BCUT2D eigenvalue weighted by Crippen LogP contribution is 2.33. The zero-order valence-corrected chi connectivity index (χ0v) is 23.6. The summed E-state index contributed by atoms with van der Waals surface area (Å²) in [5, 5.41) is 6.00. The van der Waals surface area contributed by atoms with Crippen molar-refractivity contribution in [3.63, 3.8) is 0 Å². The van der Waals surface area contributed by atoms with Gasteiger partial charge in [-0.25, -0.2) is 9.48 Å². The van der Waals surface area contributed by atoms with Gasteiger partial charge >= 0.3 is 5.97 Å². The topological polar surface area (TPSA) is 69.4 Å². The van der Waals surface area contributed by atoms with E-state index in [2.05, 4.69) is 48.9 Å². The second-order valence-electron chi connectivity index (χ2n) is 11.0. The van der Waals surface area contributed by atoms with E-state index in [1.165, 1.54) is 10.9 Å². The Hall–Kier alpha value is -3.87. The van der Waals surface area contributed by atoms with Gasteiger partial charge in [0.2, 0.25) is 5.91 Å². The Morgan fingerprint density at radius 2 is 1.74 bits per heavy atom. The number of nitrogens with zero attached hydrogens (tertiary/aromatic N) is 4. The Balaban J connectivity index is 1.50. The molecule has 0 bridgehead atoms. The first-order chi connectivity index (χ1) is 18.8. The molecule has 0 unspecified atom stereocenters. The zero-order valence-electron chi connectivity index (χ0n) is 23.6. The molecule has 2 aromatic heterocycles. The predicted octanol–water partition coefficient (Wildman–Crippen LogP) is 6.78. The number of carbonyl (C=O) groups excluding carboxylic acids is 2. The maximum Gasteiger partial charge on any atom is 0.343 e. The minimum atomic E-state index is -0.471. The Morgan fingerprint density at radius 1 is 1.05 bits per heavy atom. The fourth-order valence-electron chi connectivity index (χ4n) is 5.69. The van der Waals surface area contributed by atoms with Crippen LogP contribution in [0.3, 0.4) is 0 Å². The van der Waals surface area contributed by atoms with E-state index < -0.39 is 5.97 Å². The van der Waals surface area contributed by atoms with E-state index in [1.807, 2.05) is 38.1 Å². The number of anilines is 1. The lowest BCUT2D eigenvalue weighted by atomic mass is 9.82. The fourth-order valence-corrected chi connectivity index (χ4v) is 5.69. The highest BCUT2D eigenvalue weighted by atomic mass is 16.5. The lowest BCUT2D eigenvalue weighted by Crippen LogP contribution is -2.43. The third-order valence-electron chi connectivity index (χ3n) is 7.92. The Kier molecular flexibility index (Phi) is 7.60. The molecule has 7 heteroatoms. The van der Waals surface area contributed by atoms with E-state index in [9.17, 15) is 9.59 Å². The monoisotopic (exact) mass is 526 g/mol. The molecule has 0 saturated heterocycles. The van der Waals surface area contributed by atoms with Crippen LogP contribution in [0.1, 0.15) is 63.7 Å². The number of rotatable bonds is 7. The third kappa shape index (κ3) is 5.22. The lowest BCUT2D eigenvalue weighted by molar-refractivity contribution is -0.124. The zero-order chi connectivity index (χ0) is 27.7. The van der Waals surface area contributed by atoms with Gasteiger partial charge in [-0.3, -0.25) is 9.69 Å². The van der Waals surface area contributed by atoms with Crippen LogP contribution in [0.4, 0.5) is 5.82 Å². The summed E-state index contributed by atoms with van der Waals surface area (Å²) in [5.41, 5.74) is 4.49. The van der Waals surface area contributed by atoms with E-state index in [4.69, 9.17) is 9.84 Å². The van der Waals surface area contributed by atoms with Crippen LogP contribution in [-0.2, 0) is 16.6 Å². The summed E-state index contributed by atoms with van der Waals surface area (Å²) in [7, 11) is 2.07. The number of hydrogen-bond acceptors (Lipinski definition) is 4. The van der Waals surface area contributed by atoms with Crippen molar-refractivity contribution in [3.05, 3.63) is 66.4 Å². The highest BCUT2D eigenvalue weighted by molar-refractivity contribution is 6.02. The summed E-state index contributed by atoms with van der Waals surface area (Å²) < 4.78 is 9.24. The minimum absolute atomic E-state index is 0.0406. The van der Waals surface area contributed by atoms with Gasteiger partial charge in [-0.1, -0.05) is 37.3 Å². The number of aryl methyl sites for hydroxylation is 1. The molecule has 5 rings (SSSR count). The van der Waals surface area contributed by atoms with Gasteiger partial charge in [0, 0.05) is 41.8 Å². The number of aromatic nitrogens is 3. The maximum atomic E-state index is 13.8. The van der Waals surface area contributed by atoms with Crippen molar-refractivity contribution >= 4 is 28.6 Å². The van der Waals surface area contributed by atoms with Crippen LogP contribution >= 0.6 is 0 Å². The quantitative estimate of drug-likeness (QED) is 0.249. The van der Waals surface area contributed by atoms with Crippen LogP contribution in [0, 0.1) is 11.8 Å². The summed E-state index contributed by atoms with van der Waals surface area (Å²) in [6.45, 7) is 8.21. The summed E-state index contributed by atoms with van der Waals surface area (Å²) in [4.78, 5) is 28.5. The largest absolute Gasteiger partial charge is 0.462 e. The molecular formula is C32H38N4O3. The SMILES string of the molecule is CCOC(=O)c1cn(-c2ccc(-c3cc4ccccc4n3C)cc2)nc1N(C(=O)[C@H]1CC[C@H](C)CC1)C(C)C. The number of para-hydroxylation sites is 1. The van der Waals surface area contributed by atoms with Gasteiger partial charge in [0.05, 0.1) is 12.3 Å². The number of amides is 1. The molecule has 204 valence electrons. The molecule has 7 nitrogen and oxygen atoms in total. The van der Waals surface area contributed by atoms with Crippen molar-refractivity contribution in [3.8, 4) is 16.9 Å². The first kappa shape index (κ1) is 26.7. The van der Waals surface area contributed by atoms with Gasteiger partial charge in [-0.05, 0) is 82.2 Å². The standard InChI is InChI=1S/C32H38N4O3/c1-6-39-32(38)27-20-35(33-30(27)36(21(2)3)31(37)24-13-11-22(4)12-14-24)26-17-15-23(16-18-26)29-19-25-9-7-8-10-28(25)34(29)5/h7-10,15-22,24H,6,11-14H2,1-5H3/t22-,24-. The van der Waals surface area contributed by atoms with Crippen LogP contribution in [-0.4, -0.2) is 38.9 Å². The molecule has 0 spiro atoms. The summed E-state index contributed by atoms with van der Waals surface area (Å²) in [6.07, 6.45) is 5.52.